The summed E-state index contributed by atoms with van der Waals surface area (Å²) >= 11 is 1.34. The topological polar surface area (TPSA) is 88.8 Å². The number of fused-ring (bicyclic) bond motifs is 1. The van der Waals surface area contributed by atoms with Crippen LogP contribution < -0.4 is 20.5 Å². The van der Waals surface area contributed by atoms with Crippen molar-refractivity contribution in [2.24, 2.45) is 0 Å². The van der Waals surface area contributed by atoms with E-state index in [0.29, 0.717) is 11.5 Å². The largest absolute Gasteiger partial charge is 0.497 e. The molecule has 0 unspecified atom stereocenters. The van der Waals surface area contributed by atoms with Crippen LogP contribution in [0.5, 0.6) is 5.75 Å². The van der Waals surface area contributed by atoms with Crippen LogP contribution in [-0.4, -0.2) is 40.7 Å². The molecular formula is C19H21N5O3S. The zero-order chi connectivity index (χ0) is 19.5. The Hall–Kier alpha value is -2.94. The van der Waals surface area contributed by atoms with Gasteiger partial charge in [0.25, 0.3) is 11.5 Å². The number of benzene rings is 1. The molecule has 3 heterocycles. The van der Waals surface area contributed by atoms with E-state index < -0.39 is 5.56 Å². The summed E-state index contributed by atoms with van der Waals surface area (Å²) in [5, 5.41) is 8.19. The van der Waals surface area contributed by atoms with Gasteiger partial charge in [-0.1, -0.05) is 23.5 Å². The number of aromatic nitrogens is 3. The molecule has 4 rings (SSSR count). The Labute approximate surface area is 165 Å². The van der Waals surface area contributed by atoms with Crippen LogP contribution in [-0.2, 0) is 6.54 Å². The van der Waals surface area contributed by atoms with Crippen LogP contribution in [0.15, 0.2) is 35.1 Å². The van der Waals surface area contributed by atoms with Crippen molar-refractivity contribution in [3.63, 3.8) is 0 Å². The van der Waals surface area contributed by atoms with E-state index >= 15 is 0 Å². The molecule has 9 heteroatoms. The quantitative estimate of drug-likeness (QED) is 0.707. The molecule has 1 N–H and O–H groups in total. The number of methoxy groups -OCH3 is 1. The molecule has 0 aliphatic carbocycles. The van der Waals surface area contributed by atoms with Gasteiger partial charge in [-0.05, 0) is 37.0 Å². The first-order valence-electron chi connectivity index (χ1n) is 9.21. The van der Waals surface area contributed by atoms with Crippen LogP contribution >= 0.6 is 11.3 Å². The third kappa shape index (κ3) is 3.84. The van der Waals surface area contributed by atoms with E-state index in [-0.39, 0.29) is 11.6 Å². The molecule has 1 saturated heterocycles. The second-order valence-corrected chi connectivity index (χ2v) is 7.57. The first-order chi connectivity index (χ1) is 13.6. The first kappa shape index (κ1) is 18.4. The van der Waals surface area contributed by atoms with Gasteiger partial charge in [0.2, 0.25) is 10.1 Å². The lowest BCUT2D eigenvalue weighted by molar-refractivity contribution is 0.0943. The van der Waals surface area contributed by atoms with Gasteiger partial charge in [0.05, 0.1) is 7.11 Å². The molecule has 0 saturated carbocycles. The van der Waals surface area contributed by atoms with E-state index in [1.807, 2.05) is 24.3 Å². The van der Waals surface area contributed by atoms with E-state index in [1.54, 1.807) is 7.11 Å². The number of piperidine rings is 1. The van der Waals surface area contributed by atoms with Crippen molar-refractivity contribution in [1.29, 1.82) is 0 Å². The van der Waals surface area contributed by atoms with Crippen LogP contribution in [0.4, 0.5) is 5.13 Å². The van der Waals surface area contributed by atoms with E-state index in [9.17, 15) is 9.59 Å². The van der Waals surface area contributed by atoms with Crippen molar-refractivity contribution in [3.8, 4) is 5.75 Å². The van der Waals surface area contributed by atoms with Crippen LogP contribution in [0, 0.1) is 0 Å². The second-order valence-electron chi connectivity index (χ2n) is 6.64. The average Bonchev–Trinajstić information content (AvgIpc) is 3.16. The minimum Gasteiger partial charge on any atom is -0.497 e. The number of hydrogen-bond acceptors (Lipinski definition) is 7. The number of anilines is 1. The fourth-order valence-electron chi connectivity index (χ4n) is 3.24. The lowest BCUT2D eigenvalue weighted by Crippen LogP contribution is -2.30. The van der Waals surface area contributed by atoms with Crippen molar-refractivity contribution < 1.29 is 9.53 Å². The summed E-state index contributed by atoms with van der Waals surface area (Å²) in [7, 11) is 1.60. The fraction of sp³-hybridized carbons (Fsp3) is 0.368. The molecule has 0 radical (unpaired) electrons. The van der Waals surface area contributed by atoms with Gasteiger partial charge in [-0.25, -0.2) is 0 Å². The van der Waals surface area contributed by atoms with Crippen LogP contribution in [0.25, 0.3) is 4.96 Å². The van der Waals surface area contributed by atoms with Crippen LogP contribution in [0.1, 0.15) is 35.3 Å². The predicted octanol–water partition coefficient (Wildman–Crippen LogP) is 2.08. The number of rotatable bonds is 5. The molecule has 2 aromatic heterocycles. The number of amides is 1. The Balaban J connectivity index is 1.58. The van der Waals surface area contributed by atoms with Gasteiger partial charge < -0.3 is 15.0 Å². The number of nitrogens with one attached hydrogen (secondary N) is 1. The monoisotopic (exact) mass is 399 g/mol. The van der Waals surface area contributed by atoms with Gasteiger partial charge in [0.1, 0.15) is 11.4 Å². The highest BCUT2D eigenvalue weighted by Crippen LogP contribution is 2.25. The lowest BCUT2D eigenvalue weighted by Gasteiger charge is -2.25. The molecule has 1 fully saturated rings. The zero-order valence-electron chi connectivity index (χ0n) is 15.6. The summed E-state index contributed by atoms with van der Waals surface area (Å²) in [4.78, 5) is 31.4. The predicted molar refractivity (Wildman–Crippen MR) is 107 cm³/mol. The maximum absolute atomic E-state index is 12.7. The van der Waals surface area contributed by atoms with Crippen LogP contribution in [0.2, 0.25) is 0 Å². The van der Waals surface area contributed by atoms with Gasteiger partial charge in [-0.2, -0.15) is 9.50 Å². The number of ether oxygens (including phenoxy) is 1. The third-order valence-electron chi connectivity index (χ3n) is 4.69. The Morgan fingerprint density at radius 1 is 1.25 bits per heavy atom. The number of hydrogen-bond donors (Lipinski definition) is 1. The van der Waals surface area contributed by atoms with Crippen molar-refractivity contribution in [2.75, 3.05) is 25.1 Å². The molecule has 28 heavy (non-hydrogen) atoms. The smallest absolute Gasteiger partial charge is 0.274 e. The van der Waals surface area contributed by atoms with E-state index in [0.717, 1.165) is 42.4 Å². The summed E-state index contributed by atoms with van der Waals surface area (Å²) in [6, 6.07) is 8.68. The Morgan fingerprint density at radius 2 is 2.07 bits per heavy atom. The Kier molecular flexibility index (Phi) is 5.25. The summed E-state index contributed by atoms with van der Waals surface area (Å²) in [6.45, 7) is 2.18. The highest BCUT2D eigenvalue weighted by atomic mass is 32.1. The second kappa shape index (κ2) is 7.97. The summed E-state index contributed by atoms with van der Waals surface area (Å²) in [5.74, 6) is 0.354. The van der Waals surface area contributed by atoms with Gasteiger partial charge in [0, 0.05) is 25.7 Å². The Bertz CT molecular complexity index is 1060. The maximum Gasteiger partial charge on any atom is 0.274 e. The van der Waals surface area contributed by atoms with Gasteiger partial charge >= 0.3 is 0 Å². The van der Waals surface area contributed by atoms with Crippen molar-refractivity contribution in [2.45, 2.75) is 25.8 Å². The normalized spacial score (nSPS) is 14.2. The third-order valence-corrected chi connectivity index (χ3v) is 5.66. The molecular weight excluding hydrogens is 378 g/mol. The number of carbonyl (C=O) groups excluding carboxylic acids is 1. The minimum absolute atomic E-state index is 0.192. The van der Waals surface area contributed by atoms with Gasteiger partial charge in [-0.3, -0.25) is 9.59 Å². The average molecular weight is 399 g/mol. The minimum atomic E-state index is -0.444. The molecule has 1 amide bonds. The molecule has 8 nitrogen and oxygen atoms in total. The molecule has 1 aliphatic heterocycles. The summed E-state index contributed by atoms with van der Waals surface area (Å²) < 4.78 is 6.67. The van der Waals surface area contributed by atoms with E-state index in [4.69, 9.17) is 4.74 Å². The van der Waals surface area contributed by atoms with Crippen LogP contribution in [0.3, 0.4) is 0 Å². The summed E-state index contributed by atoms with van der Waals surface area (Å²) in [5.41, 5.74) is 0.649. The molecule has 1 aromatic carbocycles. The lowest BCUT2D eigenvalue weighted by atomic mass is 10.1. The SMILES string of the molecule is COc1cccc(CNC(=O)c2cc(=O)nc3sc(N4CCCCC4)nn23)c1. The number of carbonyl (C=O) groups is 1. The highest BCUT2D eigenvalue weighted by molar-refractivity contribution is 7.20. The molecule has 0 bridgehead atoms. The van der Waals surface area contributed by atoms with Gasteiger partial charge in [-0.15, -0.1) is 5.10 Å². The standard InChI is InChI=1S/C19H21N5O3S/c1-27-14-7-5-6-13(10-14)12-20-17(26)15-11-16(25)21-18-24(15)22-19(28-18)23-8-3-2-4-9-23/h5-7,10-11H,2-4,8-9,12H2,1H3,(H,20,26). The van der Waals surface area contributed by atoms with Crippen molar-refractivity contribution in [1.82, 2.24) is 19.9 Å². The molecule has 0 spiro atoms. The molecule has 0 atom stereocenters. The van der Waals surface area contributed by atoms with E-state index in [2.05, 4.69) is 20.3 Å². The van der Waals surface area contributed by atoms with Crippen molar-refractivity contribution in [3.05, 3.63) is 51.9 Å². The molecule has 3 aromatic rings. The zero-order valence-corrected chi connectivity index (χ0v) is 16.4. The number of nitrogens with zero attached hydrogens (tertiary/aromatic N) is 4. The Morgan fingerprint density at radius 3 is 2.86 bits per heavy atom. The maximum atomic E-state index is 12.7. The van der Waals surface area contributed by atoms with Gasteiger partial charge in [0.15, 0.2) is 0 Å². The fourth-order valence-corrected chi connectivity index (χ4v) is 4.19. The van der Waals surface area contributed by atoms with Crippen molar-refractivity contribution >= 4 is 27.3 Å². The highest BCUT2D eigenvalue weighted by Gasteiger charge is 2.19. The summed E-state index contributed by atoms with van der Waals surface area (Å²) in [6.07, 6.45) is 3.46. The molecule has 146 valence electrons. The molecule has 1 aliphatic rings. The first-order valence-corrected chi connectivity index (χ1v) is 10.0. The van der Waals surface area contributed by atoms with E-state index in [1.165, 1.54) is 28.3 Å².